The van der Waals surface area contributed by atoms with E-state index in [1.54, 1.807) is 6.07 Å². The highest BCUT2D eigenvalue weighted by molar-refractivity contribution is 7.99. The van der Waals surface area contributed by atoms with Gasteiger partial charge in [-0.05, 0) is 17.7 Å². The van der Waals surface area contributed by atoms with Crippen LogP contribution in [0.2, 0.25) is 0 Å². The molecule has 9 heteroatoms. The summed E-state index contributed by atoms with van der Waals surface area (Å²) in [7, 11) is 1.47. The number of ether oxygens (including phenoxy) is 1. The van der Waals surface area contributed by atoms with E-state index < -0.39 is 0 Å². The summed E-state index contributed by atoms with van der Waals surface area (Å²) in [5.41, 5.74) is 0.932. The third-order valence-electron chi connectivity index (χ3n) is 4.77. The molecular weight excluding hydrogens is 412 g/mol. The Morgan fingerprint density at radius 1 is 1.30 bits per heavy atom. The number of benzene rings is 1. The van der Waals surface area contributed by atoms with Crippen molar-refractivity contribution in [3.63, 3.8) is 0 Å². The molecule has 1 N–H and O–H groups in total. The number of rotatable bonds is 5. The number of piperazine rings is 1. The molecule has 0 aromatic heterocycles. The molecule has 0 saturated carbocycles. The highest BCUT2D eigenvalue weighted by Gasteiger charge is 2.24. The molecule has 0 spiro atoms. The SMILES string of the molecule is COc1ccc(CN2CCN(C(=O)CC3CSCCN3)CC2)cc1F.Cl.Cl. The second-order valence-corrected chi connectivity index (χ2v) is 7.71. The van der Waals surface area contributed by atoms with Gasteiger partial charge in [0.15, 0.2) is 11.6 Å². The van der Waals surface area contributed by atoms with E-state index in [2.05, 4.69) is 10.2 Å². The van der Waals surface area contributed by atoms with Gasteiger partial charge in [0.2, 0.25) is 5.91 Å². The number of thioether (sulfide) groups is 1. The van der Waals surface area contributed by atoms with Crippen LogP contribution in [0.4, 0.5) is 4.39 Å². The van der Waals surface area contributed by atoms with Gasteiger partial charge < -0.3 is 15.0 Å². The molecule has 5 nitrogen and oxygen atoms in total. The molecule has 2 heterocycles. The van der Waals surface area contributed by atoms with Crippen molar-refractivity contribution >= 4 is 42.5 Å². The molecule has 2 saturated heterocycles. The van der Waals surface area contributed by atoms with Crippen LogP contribution in [0.25, 0.3) is 0 Å². The standard InChI is InChI=1S/C18H26FN3O2S.2ClH/c1-24-17-3-2-14(10-16(17)19)12-21-5-7-22(8-6-21)18(23)11-15-13-25-9-4-20-15;;/h2-3,10,15,20H,4-9,11-13H2,1H3;2*1H. The van der Waals surface area contributed by atoms with Gasteiger partial charge in [-0.15, -0.1) is 24.8 Å². The van der Waals surface area contributed by atoms with Gasteiger partial charge in [-0.25, -0.2) is 4.39 Å². The van der Waals surface area contributed by atoms with Crippen molar-refractivity contribution in [1.82, 2.24) is 15.1 Å². The minimum atomic E-state index is -0.327. The van der Waals surface area contributed by atoms with E-state index in [4.69, 9.17) is 4.74 Å². The van der Waals surface area contributed by atoms with Gasteiger partial charge in [0.25, 0.3) is 0 Å². The molecule has 0 bridgehead atoms. The topological polar surface area (TPSA) is 44.8 Å². The Bertz CT molecular complexity index is 598. The van der Waals surface area contributed by atoms with Crippen molar-refractivity contribution in [2.24, 2.45) is 0 Å². The molecule has 1 aromatic carbocycles. The number of carbonyl (C=O) groups is 1. The fourth-order valence-corrected chi connectivity index (χ4v) is 4.26. The minimum Gasteiger partial charge on any atom is -0.494 e. The molecule has 1 atom stereocenters. The molecule has 1 amide bonds. The Balaban J connectivity index is 0.00000182. The molecule has 2 aliphatic heterocycles. The Labute approximate surface area is 177 Å². The first-order chi connectivity index (χ1) is 12.2. The van der Waals surface area contributed by atoms with Crippen molar-refractivity contribution < 1.29 is 13.9 Å². The summed E-state index contributed by atoms with van der Waals surface area (Å²) in [4.78, 5) is 16.7. The van der Waals surface area contributed by atoms with Crippen LogP contribution in [0.3, 0.4) is 0 Å². The summed E-state index contributed by atoms with van der Waals surface area (Å²) < 4.78 is 18.7. The lowest BCUT2D eigenvalue weighted by Crippen LogP contribution is -2.50. The van der Waals surface area contributed by atoms with E-state index >= 15 is 0 Å². The van der Waals surface area contributed by atoms with Crippen molar-refractivity contribution in [3.05, 3.63) is 29.6 Å². The number of nitrogens with one attached hydrogen (secondary N) is 1. The van der Waals surface area contributed by atoms with Crippen LogP contribution in [0.1, 0.15) is 12.0 Å². The van der Waals surface area contributed by atoms with Crippen LogP contribution in [0, 0.1) is 5.82 Å². The van der Waals surface area contributed by atoms with Gasteiger partial charge in [-0.2, -0.15) is 11.8 Å². The molecule has 0 aliphatic carbocycles. The summed E-state index contributed by atoms with van der Waals surface area (Å²) in [5, 5.41) is 3.42. The van der Waals surface area contributed by atoms with E-state index in [1.807, 2.05) is 22.7 Å². The fraction of sp³-hybridized carbons (Fsp3) is 0.611. The van der Waals surface area contributed by atoms with Crippen LogP contribution < -0.4 is 10.1 Å². The number of carbonyl (C=O) groups excluding carboxylic acids is 1. The normalized spacial score (nSPS) is 20.4. The molecular formula is C18H28Cl2FN3O2S. The van der Waals surface area contributed by atoms with Gasteiger partial charge in [0.05, 0.1) is 7.11 Å². The Morgan fingerprint density at radius 2 is 2.04 bits per heavy atom. The van der Waals surface area contributed by atoms with Crippen LogP contribution in [0.15, 0.2) is 18.2 Å². The van der Waals surface area contributed by atoms with Crippen LogP contribution in [-0.4, -0.2) is 73.1 Å². The fourth-order valence-electron chi connectivity index (χ4n) is 3.31. The van der Waals surface area contributed by atoms with E-state index in [0.717, 1.165) is 49.8 Å². The summed E-state index contributed by atoms with van der Waals surface area (Å²) >= 11 is 1.92. The van der Waals surface area contributed by atoms with Crippen molar-refractivity contribution in [3.8, 4) is 5.75 Å². The predicted molar refractivity (Wildman–Crippen MR) is 113 cm³/mol. The average molecular weight is 440 g/mol. The number of methoxy groups -OCH3 is 1. The van der Waals surface area contributed by atoms with Crippen molar-refractivity contribution in [1.29, 1.82) is 0 Å². The quantitative estimate of drug-likeness (QED) is 0.762. The number of halogens is 3. The monoisotopic (exact) mass is 439 g/mol. The van der Waals surface area contributed by atoms with Crippen molar-refractivity contribution in [2.75, 3.05) is 51.3 Å². The predicted octanol–water partition coefficient (Wildman–Crippen LogP) is 2.42. The summed E-state index contributed by atoms with van der Waals surface area (Å²) in [6.45, 7) is 4.84. The average Bonchev–Trinajstić information content (AvgIpc) is 2.63. The zero-order chi connectivity index (χ0) is 17.6. The molecule has 154 valence electrons. The van der Waals surface area contributed by atoms with Gasteiger partial charge in [0, 0.05) is 63.2 Å². The first-order valence-electron chi connectivity index (χ1n) is 8.79. The highest BCUT2D eigenvalue weighted by Crippen LogP contribution is 2.19. The Hall–Kier alpha value is -0.730. The van der Waals surface area contributed by atoms with Crippen LogP contribution >= 0.6 is 36.6 Å². The van der Waals surface area contributed by atoms with E-state index in [9.17, 15) is 9.18 Å². The first-order valence-corrected chi connectivity index (χ1v) is 9.95. The van der Waals surface area contributed by atoms with E-state index in [1.165, 1.54) is 13.2 Å². The number of hydrogen-bond donors (Lipinski definition) is 1. The maximum Gasteiger partial charge on any atom is 0.224 e. The Morgan fingerprint density at radius 3 is 2.63 bits per heavy atom. The first kappa shape index (κ1) is 24.3. The molecule has 2 aliphatic rings. The van der Waals surface area contributed by atoms with Gasteiger partial charge in [-0.1, -0.05) is 6.07 Å². The third-order valence-corrected chi connectivity index (χ3v) is 5.90. The number of nitrogens with zero attached hydrogens (tertiary/aromatic N) is 2. The van der Waals surface area contributed by atoms with Gasteiger partial charge in [-0.3, -0.25) is 9.69 Å². The zero-order valence-corrected chi connectivity index (χ0v) is 17.9. The van der Waals surface area contributed by atoms with Crippen LogP contribution in [0.5, 0.6) is 5.75 Å². The summed E-state index contributed by atoms with van der Waals surface area (Å²) in [6, 6.07) is 5.40. The van der Waals surface area contributed by atoms with Crippen LogP contribution in [-0.2, 0) is 11.3 Å². The third kappa shape index (κ3) is 6.98. The second kappa shape index (κ2) is 12.0. The largest absolute Gasteiger partial charge is 0.494 e. The molecule has 1 aromatic rings. The number of amides is 1. The maximum absolute atomic E-state index is 13.8. The lowest BCUT2D eigenvalue weighted by Gasteiger charge is -2.35. The number of hydrogen-bond acceptors (Lipinski definition) is 5. The van der Waals surface area contributed by atoms with E-state index in [-0.39, 0.29) is 42.3 Å². The Kier molecular flexibility index (Phi) is 10.8. The summed E-state index contributed by atoms with van der Waals surface area (Å²) in [6.07, 6.45) is 0.594. The molecule has 27 heavy (non-hydrogen) atoms. The molecule has 1 unspecified atom stereocenters. The smallest absolute Gasteiger partial charge is 0.224 e. The maximum atomic E-state index is 13.8. The molecule has 0 radical (unpaired) electrons. The van der Waals surface area contributed by atoms with Gasteiger partial charge >= 0.3 is 0 Å². The van der Waals surface area contributed by atoms with Crippen molar-refractivity contribution in [2.45, 2.75) is 19.0 Å². The highest BCUT2D eigenvalue weighted by atomic mass is 35.5. The minimum absolute atomic E-state index is 0. The van der Waals surface area contributed by atoms with Gasteiger partial charge in [0.1, 0.15) is 0 Å². The second-order valence-electron chi connectivity index (χ2n) is 6.56. The summed E-state index contributed by atoms with van der Waals surface area (Å²) in [5.74, 6) is 2.35. The molecule has 2 fully saturated rings. The molecule has 3 rings (SSSR count). The zero-order valence-electron chi connectivity index (χ0n) is 15.5. The lowest BCUT2D eigenvalue weighted by molar-refractivity contribution is -0.133. The van der Waals surface area contributed by atoms with E-state index in [0.29, 0.717) is 19.0 Å². The lowest BCUT2D eigenvalue weighted by atomic mass is 10.1.